The fourth-order valence-electron chi connectivity index (χ4n) is 0.395. The molecule has 1 aromatic rings. The molecule has 0 spiro atoms. The van der Waals surface area contributed by atoms with Gasteiger partial charge >= 0.3 is 0 Å². The molecule has 0 saturated heterocycles. The zero-order valence-electron chi connectivity index (χ0n) is 4.27. The topological polar surface area (TPSA) is 65.7 Å². The molecular weight excluding hydrogens is 127 g/mol. The number of rotatable bonds is 0. The second-order valence-electron chi connectivity index (χ2n) is 1.44. The van der Waals surface area contributed by atoms with Crippen molar-refractivity contribution in [1.82, 2.24) is 10.2 Å². The van der Waals surface area contributed by atoms with E-state index in [4.69, 9.17) is 0 Å². The predicted octanol–water partition coefficient (Wildman–Crippen LogP) is -0.798. The molecule has 4 nitrogen and oxygen atoms in total. The van der Waals surface area contributed by atoms with Crippen molar-refractivity contribution >= 4 is 0 Å². The van der Waals surface area contributed by atoms with Crippen LogP contribution in [0.5, 0.6) is 0 Å². The molecule has 0 unspecified atom stereocenters. The molecule has 0 saturated carbocycles. The fourth-order valence-corrected chi connectivity index (χ4v) is 0.395. The first-order valence-corrected chi connectivity index (χ1v) is 2.17. The van der Waals surface area contributed by atoms with Crippen molar-refractivity contribution in [1.29, 1.82) is 0 Å². The van der Waals surface area contributed by atoms with Crippen LogP contribution in [0.15, 0.2) is 15.7 Å². The van der Waals surface area contributed by atoms with Crippen LogP contribution in [0.1, 0.15) is 0 Å². The summed E-state index contributed by atoms with van der Waals surface area (Å²) in [4.78, 5) is 20.3. The smallest absolute Gasteiger partial charge is 0.268 e. The first-order valence-electron chi connectivity index (χ1n) is 2.17. The summed E-state index contributed by atoms with van der Waals surface area (Å²) in [5, 5.41) is 3.71. The highest BCUT2D eigenvalue weighted by Crippen LogP contribution is 1.73. The van der Waals surface area contributed by atoms with E-state index in [1.54, 1.807) is 5.10 Å². The van der Waals surface area contributed by atoms with Gasteiger partial charge in [-0.3, -0.25) is 19.8 Å². The summed E-state index contributed by atoms with van der Waals surface area (Å²) < 4.78 is 12.0. The van der Waals surface area contributed by atoms with Crippen LogP contribution < -0.4 is 11.1 Å². The highest BCUT2D eigenvalue weighted by atomic mass is 19.1. The molecule has 48 valence electrons. The van der Waals surface area contributed by atoms with Gasteiger partial charge in [0.2, 0.25) is 0 Å². The minimum atomic E-state index is -1.07. The van der Waals surface area contributed by atoms with Crippen LogP contribution >= 0.6 is 0 Å². The average Bonchev–Trinajstić information content (AvgIpc) is 1.80. The SMILES string of the molecule is O=c1cc(F)c(=O)[nH][nH]1. The maximum Gasteiger partial charge on any atom is 0.298 e. The van der Waals surface area contributed by atoms with Crippen molar-refractivity contribution in [3.63, 3.8) is 0 Å². The number of H-pyrrole nitrogens is 2. The molecule has 1 rings (SSSR count). The second-order valence-corrected chi connectivity index (χ2v) is 1.44. The molecule has 0 aromatic carbocycles. The number of aromatic amines is 2. The van der Waals surface area contributed by atoms with Gasteiger partial charge < -0.3 is 0 Å². The summed E-state index contributed by atoms with van der Waals surface area (Å²) in [5.41, 5.74) is -1.58. The molecule has 1 aromatic heterocycles. The molecule has 9 heavy (non-hydrogen) atoms. The summed E-state index contributed by atoms with van der Waals surface area (Å²) in [6.07, 6.45) is 0. The number of hydrogen-bond acceptors (Lipinski definition) is 2. The van der Waals surface area contributed by atoms with Gasteiger partial charge in [-0.15, -0.1) is 0 Å². The van der Waals surface area contributed by atoms with E-state index in [1.165, 1.54) is 0 Å². The van der Waals surface area contributed by atoms with Crippen LogP contribution in [0.3, 0.4) is 0 Å². The lowest BCUT2D eigenvalue weighted by Gasteiger charge is -1.81. The third kappa shape index (κ3) is 1.04. The van der Waals surface area contributed by atoms with Crippen molar-refractivity contribution < 1.29 is 4.39 Å². The van der Waals surface area contributed by atoms with Gasteiger partial charge in [-0.2, -0.15) is 0 Å². The summed E-state index contributed by atoms with van der Waals surface area (Å²) in [5.74, 6) is -1.07. The van der Waals surface area contributed by atoms with E-state index in [1.807, 2.05) is 5.10 Å². The molecule has 5 heteroatoms. The maximum absolute atomic E-state index is 12.0. The Labute approximate surface area is 48.3 Å². The van der Waals surface area contributed by atoms with E-state index in [2.05, 4.69) is 0 Å². The molecule has 0 fully saturated rings. The van der Waals surface area contributed by atoms with Gasteiger partial charge in [0.25, 0.3) is 11.1 Å². The first-order chi connectivity index (χ1) is 4.20. The third-order valence-electron chi connectivity index (χ3n) is 0.774. The minimum absolute atomic E-state index is 0.582. The van der Waals surface area contributed by atoms with Gasteiger partial charge in [0.1, 0.15) is 0 Å². The average molecular weight is 130 g/mol. The van der Waals surface area contributed by atoms with Crippen LogP contribution in [-0.2, 0) is 0 Å². The van der Waals surface area contributed by atoms with Gasteiger partial charge in [0.15, 0.2) is 5.82 Å². The Balaban J connectivity index is 3.52. The molecule has 1 heterocycles. The Morgan fingerprint density at radius 2 is 2.00 bits per heavy atom. The Hall–Kier alpha value is -1.39. The van der Waals surface area contributed by atoms with E-state index in [0.29, 0.717) is 6.07 Å². The zero-order chi connectivity index (χ0) is 6.85. The quantitative estimate of drug-likeness (QED) is 0.483. The predicted molar refractivity (Wildman–Crippen MR) is 27.6 cm³/mol. The van der Waals surface area contributed by atoms with Gasteiger partial charge in [-0.25, -0.2) is 4.39 Å². The lowest BCUT2D eigenvalue weighted by Crippen LogP contribution is -2.20. The largest absolute Gasteiger partial charge is 0.298 e. The Kier molecular flexibility index (Phi) is 1.18. The third-order valence-corrected chi connectivity index (χ3v) is 0.774. The van der Waals surface area contributed by atoms with E-state index >= 15 is 0 Å². The molecule has 0 aliphatic rings. The van der Waals surface area contributed by atoms with Crippen LogP contribution in [0.2, 0.25) is 0 Å². The number of hydrogen-bond donors (Lipinski definition) is 2. The molecule has 2 N–H and O–H groups in total. The second kappa shape index (κ2) is 1.85. The van der Waals surface area contributed by atoms with Crippen LogP contribution in [-0.4, -0.2) is 10.2 Å². The molecule has 0 aliphatic heterocycles. The normalized spacial score (nSPS) is 9.44. The Bertz CT molecular complexity index is 313. The van der Waals surface area contributed by atoms with Crippen molar-refractivity contribution in [3.8, 4) is 0 Å². The molecule has 0 amide bonds. The van der Waals surface area contributed by atoms with Gasteiger partial charge in [-0.05, 0) is 0 Å². The Morgan fingerprint density at radius 1 is 1.33 bits per heavy atom. The summed E-state index contributed by atoms with van der Waals surface area (Å²) in [7, 11) is 0. The van der Waals surface area contributed by atoms with Crippen LogP contribution in [0.4, 0.5) is 4.39 Å². The Morgan fingerprint density at radius 3 is 2.44 bits per heavy atom. The lowest BCUT2D eigenvalue weighted by atomic mass is 10.5. The van der Waals surface area contributed by atoms with Crippen molar-refractivity contribution in [2.45, 2.75) is 0 Å². The van der Waals surface area contributed by atoms with Gasteiger partial charge in [-0.1, -0.05) is 0 Å². The molecule has 0 radical (unpaired) electrons. The molecule has 0 aliphatic carbocycles. The van der Waals surface area contributed by atoms with Gasteiger partial charge in [0.05, 0.1) is 0 Å². The molecular formula is C4H3FN2O2. The van der Waals surface area contributed by atoms with E-state index < -0.39 is 16.9 Å². The van der Waals surface area contributed by atoms with Crippen molar-refractivity contribution in [2.75, 3.05) is 0 Å². The number of aromatic nitrogens is 2. The van der Waals surface area contributed by atoms with E-state index in [9.17, 15) is 14.0 Å². The van der Waals surface area contributed by atoms with E-state index in [0.717, 1.165) is 0 Å². The van der Waals surface area contributed by atoms with Crippen molar-refractivity contribution in [2.24, 2.45) is 0 Å². The number of halogens is 1. The summed E-state index contributed by atoms with van der Waals surface area (Å²) >= 11 is 0. The first kappa shape index (κ1) is 5.74. The maximum atomic E-state index is 12.0. The summed E-state index contributed by atoms with van der Waals surface area (Å²) in [6, 6.07) is 0.582. The van der Waals surface area contributed by atoms with Gasteiger partial charge in [0, 0.05) is 6.07 Å². The summed E-state index contributed by atoms with van der Waals surface area (Å²) in [6.45, 7) is 0. The highest BCUT2D eigenvalue weighted by Gasteiger charge is 1.94. The lowest BCUT2D eigenvalue weighted by molar-refractivity contribution is 0.596. The minimum Gasteiger partial charge on any atom is -0.268 e. The number of nitrogens with one attached hydrogen (secondary N) is 2. The monoisotopic (exact) mass is 130 g/mol. The molecule has 0 bridgehead atoms. The molecule has 0 atom stereocenters. The highest BCUT2D eigenvalue weighted by molar-refractivity contribution is 4.87. The van der Waals surface area contributed by atoms with Crippen molar-refractivity contribution in [3.05, 3.63) is 32.6 Å². The standard InChI is InChI=1S/C4H3FN2O2/c5-2-1-3(8)6-7-4(2)9/h1H,(H,6,8)(H,7,9). The van der Waals surface area contributed by atoms with E-state index in [-0.39, 0.29) is 0 Å². The van der Waals surface area contributed by atoms with Crippen LogP contribution in [0.25, 0.3) is 0 Å². The fraction of sp³-hybridized carbons (Fsp3) is 0. The van der Waals surface area contributed by atoms with Crippen LogP contribution in [0, 0.1) is 5.82 Å². The zero-order valence-corrected chi connectivity index (χ0v) is 4.27.